The average Bonchev–Trinajstić information content (AvgIpc) is 2.70. The minimum atomic E-state index is 0.00993. The average molecular weight is 428 g/mol. The standard InChI is InChI=1S/C26H41N3O2/c1-26(2,3)17-14-25(31)29-18-15-22(16-19-29)9-7-6-8-21-10-12-23(13-11-21)27-24(30)20-28(4)5/h10-14,17,22H,6-9,15-16,18-20H2,1-5H3,(H,27,30)/b17-14-. The molecule has 1 heterocycles. The van der Waals surface area contributed by atoms with E-state index in [1.165, 1.54) is 24.8 Å². The molecule has 2 rings (SSSR count). The Bertz CT molecular complexity index is 724. The van der Waals surface area contributed by atoms with Crippen LogP contribution in [0, 0.1) is 11.3 Å². The number of hydrogen-bond donors (Lipinski definition) is 1. The zero-order valence-corrected chi connectivity index (χ0v) is 20.1. The molecule has 0 atom stereocenters. The predicted octanol–water partition coefficient (Wildman–Crippen LogP) is 4.74. The van der Waals surface area contributed by atoms with E-state index in [4.69, 9.17) is 0 Å². The number of likely N-dealkylation sites (tertiary alicyclic amines) is 1. The number of aryl methyl sites for hydroxylation is 1. The largest absolute Gasteiger partial charge is 0.339 e. The molecule has 5 nitrogen and oxygen atoms in total. The van der Waals surface area contributed by atoms with E-state index in [9.17, 15) is 9.59 Å². The summed E-state index contributed by atoms with van der Waals surface area (Å²) >= 11 is 0. The van der Waals surface area contributed by atoms with Gasteiger partial charge in [-0.2, -0.15) is 0 Å². The quantitative estimate of drug-likeness (QED) is 0.457. The van der Waals surface area contributed by atoms with Crippen LogP contribution in [-0.4, -0.2) is 55.3 Å². The van der Waals surface area contributed by atoms with Crippen molar-refractivity contribution in [2.45, 2.75) is 59.3 Å². The van der Waals surface area contributed by atoms with Crippen LogP contribution >= 0.6 is 0 Å². The van der Waals surface area contributed by atoms with E-state index in [1.54, 1.807) is 6.08 Å². The summed E-state index contributed by atoms with van der Waals surface area (Å²) in [6, 6.07) is 8.20. The number of nitrogens with zero attached hydrogens (tertiary/aromatic N) is 2. The molecule has 172 valence electrons. The van der Waals surface area contributed by atoms with Gasteiger partial charge < -0.3 is 15.1 Å². The number of unbranched alkanes of at least 4 members (excludes halogenated alkanes) is 1. The predicted molar refractivity (Wildman–Crippen MR) is 129 cm³/mol. The van der Waals surface area contributed by atoms with Crippen LogP contribution in [-0.2, 0) is 16.0 Å². The van der Waals surface area contributed by atoms with E-state index in [2.05, 4.69) is 38.2 Å². The van der Waals surface area contributed by atoms with Crippen molar-refractivity contribution >= 4 is 17.5 Å². The Kier molecular flexibility index (Phi) is 9.76. The monoisotopic (exact) mass is 427 g/mol. The molecule has 1 aromatic rings. The van der Waals surface area contributed by atoms with Crippen LogP contribution < -0.4 is 5.32 Å². The highest BCUT2D eigenvalue weighted by atomic mass is 16.2. The van der Waals surface area contributed by atoms with Crippen molar-refractivity contribution in [3.8, 4) is 0 Å². The Morgan fingerprint density at radius 2 is 1.74 bits per heavy atom. The summed E-state index contributed by atoms with van der Waals surface area (Å²) in [5, 5.41) is 2.92. The lowest BCUT2D eigenvalue weighted by molar-refractivity contribution is -0.127. The molecule has 2 amide bonds. The third-order valence-corrected chi connectivity index (χ3v) is 5.68. The molecule has 0 saturated carbocycles. The summed E-state index contributed by atoms with van der Waals surface area (Å²) in [4.78, 5) is 28.0. The van der Waals surface area contributed by atoms with Crippen LogP contribution in [0.1, 0.15) is 58.4 Å². The molecule has 0 aromatic heterocycles. The molecule has 1 aliphatic rings. The number of carbonyl (C=O) groups is 2. The summed E-state index contributed by atoms with van der Waals surface area (Å²) in [5.74, 6) is 0.912. The van der Waals surface area contributed by atoms with Gasteiger partial charge in [0.15, 0.2) is 0 Å². The van der Waals surface area contributed by atoms with Crippen molar-refractivity contribution in [2.24, 2.45) is 11.3 Å². The van der Waals surface area contributed by atoms with Crippen LogP contribution in [0.15, 0.2) is 36.4 Å². The maximum Gasteiger partial charge on any atom is 0.246 e. The first-order valence-electron chi connectivity index (χ1n) is 11.6. The van der Waals surface area contributed by atoms with Gasteiger partial charge in [-0.25, -0.2) is 0 Å². The molecule has 0 aliphatic carbocycles. The van der Waals surface area contributed by atoms with E-state index in [1.807, 2.05) is 42.1 Å². The molecule has 5 heteroatoms. The van der Waals surface area contributed by atoms with Crippen molar-refractivity contribution in [3.05, 3.63) is 42.0 Å². The molecule has 31 heavy (non-hydrogen) atoms. The fourth-order valence-electron chi connectivity index (χ4n) is 3.87. The number of piperidine rings is 1. The van der Waals surface area contributed by atoms with Gasteiger partial charge in [-0.3, -0.25) is 9.59 Å². The van der Waals surface area contributed by atoms with Crippen LogP contribution in [0.25, 0.3) is 0 Å². The fraction of sp³-hybridized carbons (Fsp3) is 0.615. The highest BCUT2D eigenvalue weighted by Gasteiger charge is 2.21. The normalized spacial score (nSPS) is 15.6. The summed E-state index contributed by atoms with van der Waals surface area (Å²) in [6.07, 6.45) is 10.7. The van der Waals surface area contributed by atoms with Gasteiger partial charge in [-0.15, -0.1) is 0 Å². The van der Waals surface area contributed by atoms with E-state index >= 15 is 0 Å². The van der Waals surface area contributed by atoms with Crippen LogP contribution in [0.3, 0.4) is 0 Å². The molecule has 1 N–H and O–H groups in total. The fourth-order valence-corrected chi connectivity index (χ4v) is 3.87. The van der Waals surface area contributed by atoms with E-state index in [0.29, 0.717) is 6.54 Å². The minimum Gasteiger partial charge on any atom is -0.339 e. The number of rotatable bonds is 9. The van der Waals surface area contributed by atoms with Gasteiger partial charge in [0.2, 0.25) is 11.8 Å². The maximum absolute atomic E-state index is 12.3. The molecule has 1 saturated heterocycles. The molecular formula is C26H41N3O2. The zero-order valence-electron chi connectivity index (χ0n) is 20.1. The van der Waals surface area contributed by atoms with Gasteiger partial charge in [0.1, 0.15) is 0 Å². The molecular weight excluding hydrogens is 386 g/mol. The Morgan fingerprint density at radius 3 is 2.32 bits per heavy atom. The molecule has 0 spiro atoms. The first kappa shape index (κ1) is 25.1. The van der Waals surface area contributed by atoms with Crippen molar-refractivity contribution in [1.82, 2.24) is 9.80 Å². The number of carbonyl (C=O) groups excluding carboxylic acids is 2. The van der Waals surface area contributed by atoms with Gasteiger partial charge in [0.25, 0.3) is 0 Å². The van der Waals surface area contributed by atoms with Crippen LogP contribution in [0.4, 0.5) is 5.69 Å². The van der Waals surface area contributed by atoms with Crippen molar-refractivity contribution in [1.29, 1.82) is 0 Å². The number of likely N-dealkylation sites (N-methyl/N-ethyl adjacent to an activating group) is 1. The third kappa shape index (κ3) is 10.1. The van der Waals surface area contributed by atoms with Gasteiger partial charge >= 0.3 is 0 Å². The topological polar surface area (TPSA) is 52.7 Å². The Labute approximate surface area is 188 Å². The molecule has 0 unspecified atom stereocenters. The number of nitrogens with one attached hydrogen (secondary N) is 1. The van der Waals surface area contributed by atoms with Gasteiger partial charge in [-0.05, 0) is 74.9 Å². The second kappa shape index (κ2) is 12.0. The number of anilines is 1. The van der Waals surface area contributed by atoms with Gasteiger partial charge in [0, 0.05) is 18.8 Å². The first-order valence-corrected chi connectivity index (χ1v) is 11.6. The Balaban J connectivity index is 1.63. The Hall–Kier alpha value is -2.14. The number of benzene rings is 1. The summed E-state index contributed by atoms with van der Waals surface area (Å²) in [7, 11) is 3.77. The smallest absolute Gasteiger partial charge is 0.246 e. The second-order valence-electron chi connectivity index (χ2n) is 10.2. The molecule has 0 radical (unpaired) electrons. The van der Waals surface area contributed by atoms with Crippen LogP contribution in [0.5, 0.6) is 0 Å². The second-order valence-corrected chi connectivity index (χ2v) is 10.2. The van der Waals surface area contributed by atoms with Gasteiger partial charge in [-0.1, -0.05) is 51.8 Å². The lowest BCUT2D eigenvalue weighted by Gasteiger charge is -2.31. The maximum atomic E-state index is 12.3. The van der Waals surface area contributed by atoms with Crippen molar-refractivity contribution < 1.29 is 9.59 Å². The van der Waals surface area contributed by atoms with Crippen molar-refractivity contribution in [2.75, 3.05) is 39.0 Å². The SMILES string of the molecule is CN(C)CC(=O)Nc1ccc(CCCCC2CCN(C(=O)/C=C\C(C)(C)C)CC2)cc1. The van der Waals surface area contributed by atoms with Gasteiger partial charge in [0.05, 0.1) is 6.54 Å². The lowest BCUT2D eigenvalue weighted by Crippen LogP contribution is -2.37. The molecule has 1 fully saturated rings. The third-order valence-electron chi connectivity index (χ3n) is 5.68. The number of hydrogen-bond acceptors (Lipinski definition) is 3. The molecule has 0 bridgehead atoms. The van der Waals surface area contributed by atoms with E-state index < -0.39 is 0 Å². The van der Waals surface area contributed by atoms with Crippen LogP contribution in [0.2, 0.25) is 0 Å². The van der Waals surface area contributed by atoms with E-state index in [0.717, 1.165) is 44.0 Å². The summed E-state index contributed by atoms with van der Waals surface area (Å²) in [6.45, 7) is 8.51. The summed E-state index contributed by atoms with van der Waals surface area (Å²) < 4.78 is 0. The van der Waals surface area contributed by atoms with E-state index in [-0.39, 0.29) is 17.2 Å². The summed E-state index contributed by atoms with van der Waals surface area (Å²) in [5.41, 5.74) is 2.22. The zero-order chi connectivity index (χ0) is 22.9. The Morgan fingerprint density at radius 1 is 1.10 bits per heavy atom. The highest BCUT2D eigenvalue weighted by molar-refractivity contribution is 5.92. The molecule has 1 aliphatic heterocycles. The number of amides is 2. The van der Waals surface area contributed by atoms with Crippen molar-refractivity contribution in [3.63, 3.8) is 0 Å². The number of allylic oxidation sites excluding steroid dienone is 1. The first-order chi connectivity index (χ1) is 14.6. The molecule has 1 aromatic carbocycles. The minimum absolute atomic E-state index is 0.00993. The highest BCUT2D eigenvalue weighted by Crippen LogP contribution is 2.24. The lowest BCUT2D eigenvalue weighted by atomic mass is 9.90.